The second-order valence-electron chi connectivity index (χ2n) is 6.98. The molecule has 2 aromatic carbocycles. The van der Waals surface area contributed by atoms with Gasteiger partial charge in [0.25, 0.3) is 0 Å². The molecule has 0 aromatic heterocycles. The van der Waals surface area contributed by atoms with Crippen LogP contribution in [0.2, 0.25) is 0 Å². The van der Waals surface area contributed by atoms with Crippen molar-refractivity contribution >= 4 is 37.7 Å². The third-order valence-electron chi connectivity index (χ3n) is 4.95. The number of sulfonamides is 1. The molecule has 0 saturated carbocycles. The van der Waals surface area contributed by atoms with Gasteiger partial charge in [-0.05, 0) is 67.6 Å². The zero-order chi connectivity index (χ0) is 20.9. The summed E-state index contributed by atoms with van der Waals surface area (Å²) >= 11 is 3.36. The van der Waals surface area contributed by atoms with E-state index in [2.05, 4.69) is 26.6 Å². The Morgan fingerprint density at radius 1 is 1.14 bits per heavy atom. The predicted molar refractivity (Wildman–Crippen MR) is 114 cm³/mol. The molecular formula is C20H23BrFN3O3S. The zero-order valence-electron chi connectivity index (χ0n) is 15.8. The molecule has 0 radical (unpaired) electrons. The summed E-state index contributed by atoms with van der Waals surface area (Å²) < 4.78 is 40.7. The Kier molecular flexibility index (Phi) is 7.26. The SMILES string of the molecule is O=C(NCCC1CCN(S(=O)(=O)c2ccc(F)cc2)CC1)Nc1cccc(Br)c1. The molecule has 0 atom stereocenters. The van der Waals surface area contributed by atoms with Gasteiger partial charge in [0.2, 0.25) is 10.0 Å². The van der Waals surface area contributed by atoms with Crippen molar-refractivity contribution in [2.45, 2.75) is 24.2 Å². The number of urea groups is 1. The first kappa shape index (κ1) is 21.7. The first-order chi connectivity index (χ1) is 13.8. The minimum Gasteiger partial charge on any atom is -0.338 e. The van der Waals surface area contributed by atoms with Gasteiger partial charge in [0, 0.05) is 29.8 Å². The summed E-state index contributed by atoms with van der Waals surface area (Å²) in [5.41, 5.74) is 0.705. The van der Waals surface area contributed by atoms with E-state index in [1.165, 1.54) is 16.4 Å². The van der Waals surface area contributed by atoms with Crippen LogP contribution in [0.4, 0.5) is 14.9 Å². The number of hydrogen-bond acceptors (Lipinski definition) is 3. The highest BCUT2D eigenvalue weighted by atomic mass is 79.9. The van der Waals surface area contributed by atoms with E-state index in [1.54, 1.807) is 0 Å². The zero-order valence-corrected chi connectivity index (χ0v) is 18.2. The van der Waals surface area contributed by atoms with Crippen LogP contribution in [-0.2, 0) is 10.0 Å². The van der Waals surface area contributed by atoms with Crippen LogP contribution in [0.3, 0.4) is 0 Å². The van der Waals surface area contributed by atoms with E-state index in [-0.39, 0.29) is 10.9 Å². The Morgan fingerprint density at radius 2 is 1.83 bits per heavy atom. The Bertz CT molecular complexity index is 946. The molecule has 0 aliphatic carbocycles. The van der Waals surface area contributed by atoms with Gasteiger partial charge in [0.05, 0.1) is 4.90 Å². The highest BCUT2D eigenvalue weighted by Gasteiger charge is 2.29. The minimum absolute atomic E-state index is 0.114. The topological polar surface area (TPSA) is 78.5 Å². The van der Waals surface area contributed by atoms with Crippen molar-refractivity contribution in [2.24, 2.45) is 5.92 Å². The highest BCUT2D eigenvalue weighted by molar-refractivity contribution is 9.10. The summed E-state index contributed by atoms with van der Waals surface area (Å²) in [6.07, 6.45) is 2.25. The molecule has 1 fully saturated rings. The number of nitrogens with zero attached hydrogens (tertiary/aromatic N) is 1. The van der Waals surface area contributed by atoms with E-state index in [0.29, 0.717) is 31.2 Å². The van der Waals surface area contributed by atoms with E-state index < -0.39 is 15.8 Å². The van der Waals surface area contributed by atoms with E-state index >= 15 is 0 Å². The van der Waals surface area contributed by atoms with Crippen LogP contribution in [0.5, 0.6) is 0 Å². The first-order valence-corrected chi connectivity index (χ1v) is 11.6. The fraction of sp³-hybridized carbons (Fsp3) is 0.350. The summed E-state index contributed by atoms with van der Waals surface area (Å²) in [6.45, 7) is 1.37. The van der Waals surface area contributed by atoms with Crippen molar-refractivity contribution in [1.82, 2.24) is 9.62 Å². The van der Waals surface area contributed by atoms with Crippen LogP contribution in [0, 0.1) is 11.7 Å². The van der Waals surface area contributed by atoms with Crippen LogP contribution in [0.1, 0.15) is 19.3 Å². The summed E-state index contributed by atoms with van der Waals surface area (Å²) in [7, 11) is -3.59. The van der Waals surface area contributed by atoms with Crippen molar-refractivity contribution in [2.75, 3.05) is 25.0 Å². The number of amides is 2. The van der Waals surface area contributed by atoms with Crippen molar-refractivity contribution in [3.05, 3.63) is 58.8 Å². The van der Waals surface area contributed by atoms with Gasteiger partial charge in [-0.1, -0.05) is 22.0 Å². The third-order valence-corrected chi connectivity index (χ3v) is 7.35. The van der Waals surface area contributed by atoms with E-state index in [1.807, 2.05) is 24.3 Å². The molecule has 156 valence electrons. The molecule has 0 unspecified atom stereocenters. The molecule has 1 heterocycles. The standard InChI is InChI=1S/C20H23BrFN3O3S/c21-16-2-1-3-18(14-16)24-20(26)23-11-8-15-9-12-25(13-10-15)29(27,28)19-6-4-17(22)5-7-19/h1-7,14-15H,8-13H2,(H2,23,24,26). The number of benzene rings is 2. The molecule has 2 N–H and O–H groups in total. The molecule has 6 nitrogen and oxygen atoms in total. The third kappa shape index (κ3) is 6.01. The molecule has 3 rings (SSSR count). The quantitative estimate of drug-likeness (QED) is 0.645. The summed E-state index contributed by atoms with van der Waals surface area (Å²) in [6, 6.07) is 12.0. The molecule has 1 saturated heterocycles. The molecule has 9 heteroatoms. The van der Waals surface area contributed by atoms with Gasteiger partial charge in [0.15, 0.2) is 0 Å². The van der Waals surface area contributed by atoms with E-state index in [9.17, 15) is 17.6 Å². The lowest BCUT2D eigenvalue weighted by molar-refractivity contribution is 0.245. The summed E-state index contributed by atoms with van der Waals surface area (Å²) in [4.78, 5) is 12.1. The lowest BCUT2D eigenvalue weighted by atomic mass is 9.95. The van der Waals surface area contributed by atoms with Gasteiger partial charge < -0.3 is 10.6 Å². The van der Waals surface area contributed by atoms with Gasteiger partial charge in [-0.25, -0.2) is 17.6 Å². The Morgan fingerprint density at radius 3 is 2.48 bits per heavy atom. The van der Waals surface area contributed by atoms with Gasteiger partial charge >= 0.3 is 6.03 Å². The molecule has 1 aliphatic rings. The van der Waals surface area contributed by atoms with Gasteiger partial charge in [-0.15, -0.1) is 0 Å². The molecule has 29 heavy (non-hydrogen) atoms. The van der Waals surface area contributed by atoms with E-state index in [0.717, 1.165) is 35.9 Å². The lowest BCUT2D eigenvalue weighted by Gasteiger charge is -2.31. The maximum atomic E-state index is 13.0. The number of nitrogens with one attached hydrogen (secondary N) is 2. The van der Waals surface area contributed by atoms with Crippen molar-refractivity contribution in [3.63, 3.8) is 0 Å². The highest BCUT2D eigenvalue weighted by Crippen LogP contribution is 2.25. The molecule has 0 spiro atoms. The smallest absolute Gasteiger partial charge is 0.319 e. The number of carbonyl (C=O) groups excluding carboxylic acids is 1. The molecule has 1 aliphatic heterocycles. The second-order valence-corrected chi connectivity index (χ2v) is 9.83. The Balaban J connectivity index is 1.42. The first-order valence-electron chi connectivity index (χ1n) is 9.41. The molecule has 2 amide bonds. The number of rotatable bonds is 6. The average molecular weight is 484 g/mol. The largest absolute Gasteiger partial charge is 0.338 e. The van der Waals surface area contributed by atoms with Gasteiger partial charge in [-0.2, -0.15) is 4.31 Å². The molecule has 0 bridgehead atoms. The van der Waals surface area contributed by atoms with Crippen molar-refractivity contribution < 1.29 is 17.6 Å². The lowest BCUT2D eigenvalue weighted by Crippen LogP contribution is -2.39. The fourth-order valence-corrected chi connectivity index (χ4v) is 5.19. The van der Waals surface area contributed by atoms with Crippen LogP contribution in [0.15, 0.2) is 57.9 Å². The van der Waals surface area contributed by atoms with Crippen LogP contribution in [0.25, 0.3) is 0 Å². The Hall–Kier alpha value is -1.97. The van der Waals surface area contributed by atoms with Crippen LogP contribution < -0.4 is 10.6 Å². The monoisotopic (exact) mass is 483 g/mol. The fourth-order valence-electron chi connectivity index (χ4n) is 3.33. The van der Waals surface area contributed by atoms with Gasteiger partial charge in [0.1, 0.15) is 5.82 Å². The maximum absolute atomic E-state index is 13.0. The second kappa shape index (κ2) is 9.69. The predicted octanol–water partition coefficient (Wildman–Crippen LogP) is 4.20. The summed E-state index contributed by atoms with van der Waals surface area (Å²) in [5.74, 6) is -0.111. The van der Waals surface area contributed by atoms with Crippen molar-refractivity contribution in [1.29, 1.82) is 0 Å². The van der Waals surface area contributed by atoms with Gasteiger partial charge in [-0.3, -0.25) is 0 Å². The summed E-state index contributed by atoms with van der Waals surface area (Å²) in [5, 5.41) is 5.61. The molecular weight excluding hydrogens is 461 g/mol. The van der Waals surface area contributed by atoms with E-state index in [4.69, 9.17) is 0 Å². The number of halogens is 2. The normalized spacial score (nSPS) is 15.8. The minimum atomic E-state index is -3.59. The molecule has 2 aromatic rings. The number of anilines is 1. The average Bonchev–Trinajstić information content (AvgIpc) is 2.69. The Labute approximate surface area is 178 Å². The van der Waals surface area contributed by atoms with Crippen LogP contribution >= 0.6 is 15.9 Å². The van der Waals surface area contributed by atoms with Crippen molar-refractivity contribution in [3.8, 4) is 0 Å². The number of hydrogen-bond donors (Lipinski definition) is 2. The van der Waals surface area contributed by atoms with Crippen LogP contribution in [-0.4, -0.2) is 38.4 Å². The number of piperidine rings is 1. The maximum Gasteiger partial charge on any atom is 0.319 e. The number of carbonyl (C=O) groups is 1.